The number of carbonyl (C=O) groups is 1. The number of phenols is 1. The lowest BCUT2D eigenvalue weighted by molar-refractivity contribution is -0.121. The van der Waals surface area contributed by atoms with E-state index in [1.807, 2.05) is 0 Å². The number of nitrogens with two attached hydrogens (primary N) is 1. The van der Waals surface area contributed by atoms with Gasteiger partial charge in [-0.05, 0) is 18.6 Å². The predicted molar refractivity (Wildman–Crippen MR) is 72.3 cm³/mol. The Morgan fingerprint density at radius 3 is 2.79 bits per heavy atom. The van der Waals surface area contributed by atoms with Gasteiger partial charge in [-0.15, -0.1) is 0 Å². The zero-order chi connectivity index (χ0) is 14.2. The van der Waals surface area contributed by atoms with E-state index in [0.717, 1.165) is 0 Å². The summed E-state index contributed by atoms with van der Waals surface area (Å²) < 4.78 is 0. The first-order valence-electron chi connectivity index (χ1n) is 5.77. The minimum absolute atomic E-state index is 0.0311. The van der Waals surface area contributed by atoms with E-state index in [4.69, 9.17) is 28.9 Å². The van der Waals surface area contributed by atoms with Gasteiger partial charge in [0.1, 0.15) is 12.0 Å². The fourth-order valence-electron chi connectivity index (χ4n) is 2.41. The zero-order valence-electron chi connectivity index (χ0n) is 10.0. The Morgan fingerprint density at radius 1 is 1.47 bits per heavy atom. The third-order valence-corrected chi connectivity index (χ3v) is 4.07. The molecule has 2 rings (SSSR count). The van der Waals surface area contributed by atoms with Crippen molar-refractivity contribution in [3.8, 4) is 5.75 Å². The fourth-order valence-corrected chi connectivity index (χ4v) is 2.89. The lowest BCUT2D eigenvalue weighted by atomic mass is 9.97. The van der Waals surface area contributed by atoms with Crippen molar-refractivity contribution in [2.45, 2.75) is 18.6 Å². The van der Waals surface area contributed by atoms with Crippen LogP contribution in [0.3, 0.4) is 0 Å². The molecule has 4 N–H and O–H groups in total. The molecule has 1 heterocycles. The summed E-state index contributed by atoms with van der Waals surface area (Å²) in [6.07, 6.45) is -0.423. The van der Waals surface area contributed by atoms with E-state index in [9.17, 15) is 15.0 Å². The van der Waals surface area contributed by atoms with Crippen LogP contribution in [0, 0.1) is 0 Å². The van der Waals surface area contributed by atoms with Gasteiger partial charge in [0.05, 0.1) is 16.6 Å². The SMILES string of the molecule is NC(=O)CN1C[C@H](c2c(O)ccc(Cl)c2Cl)CC1O. The van der Waals surface area contributed by atoms with Gasteiger partial charge in [-0.3, -0.25) is 9.69 Å². The standard InChI is InChI=1S/C12H14Cl2N2O3/c13-7-1-2-8(17)11(12(7)14)6-3-10(19)16(4-6)5-9(15)18/h1-2,6,10,17,19H,3-5H2,(H2,15,18)/t6-,10?/m1/s1. The van der Waals surface area contributed by atoms with E-state index in [2.05, 4.69) is 0 Å². The molecule has 1 aromatic rings. The molecule has 19 heavy (non-hydrogen) atoms. The van der Waals surface area contributed by atoms with Crippen LogP contribution >= 0.6 is 23.2 Å². The highest BCUT2D eigenvalue weighted by Gasteiger charge is 2.35. The van der Waals surface area contributed by atoms with Gasteiger partial charge in [0, 0.05) is 18.0 Å². The molecule has 1 aliphatic rings. The first-order chi connectivity index (χ1) is 8.90. The van der Waals surface area contributed by atoms with E-state index in [0.29, 0.717) is 23.6 Å². The molecule has 104 valence electrons. The molecule has 5 nitrogen and oxygen atoms in total. The second kappa shape index (κ2) is 5.54. The minimum atomic E-state index is -0.785. The molecule has 1 unspecified atom stereocenters. The number of phenolic OH excluding ortho intramolecular Hbond substituents is 1. The highest BCUT2D eigenvalue weighted by molar-refractivity contribution is 6.42. The van der Waals surface area contributed by atoms with Gasteiger partial charge in [-0.1, -0.05) is 23.2 Å². The van der Waals surface area contributed by atoms with Crippen molar-refractivity contribution < 1.29 is 15.0 Å². The van der Waals surface area contributed by atoms with Crippen LogP contribution in [0.15, 0.2) is 12.1 Å². The van der Waals surface area contributed by atoms with Gasteiger partial charge >= 0.3 is 0 Å². The van der Waals surface area contributed by atoms with Crippen molar-refractivity contribution in [2.24, 2.45) is 5.73 Å². The Morgan fingerprint density at radius 2 is 2.16 bits per heavy atom. The molecule has 1 saturated heterocycles. The average molecular weight is 305 g/mol. The third kappa shape index (κ3) is 2.95. The summed E-state index contributed by atoms with van der Waals surface area (Å²) in [5, 5.41) is 20.4. The average Bonchev–Trinajstić information content (AvgIpc) is 2.65. The summed E-state index contributed by atoms with van der Waals surface area (Å²) in [6.45, 7) is 0.355. The first-order valence-corrected chi connectivity index (χ1v) is 6.53. The van der Waals surface area contributed by atoms with Crippen LogP contribution < -0.4 is 5.73 Å². The van der Waals surface area contributed by atoms with Crippen LogP contribution in [0.25, 0.3) is 0 Å². The van der Waals surface area contributed by atoms with Crippen molar-refractivity contribution in [3.63, 3.8) is 0 Å². The van der Waals surface area contributed by atoms with Crippen LogP contribution in [-0.2, 0) is 4.79 Å². The summed E-state index contributed by atoms with van der Waals surface area (Å²) in [4.78, 5) is 12.5. The van der Waals surface area contributed by atoms with E-state index in [1.54, 1.807) is 4.90 Å². The van der Waals surface area contributed by atoms with Crippen molar-refractivity contribution in [2.75, 3.05) is 13.1 Å². The molecule has 0 radical (unpaired) electrons. The molecule has 0 aromatic heterocycles. The number of amides is 1. The van der Waals surface area contributed by atoms with Gasteiger partial charge in [0.25, 0.3) is 0 Å². The summed E-state index contributed by atoms with van der Waals surface area (Å²) in [6, 6.07) is 2.97. The van der Waals surface area contributed by atoms with Crippen molar-refractivity contribution in [1.29, 1.82) is 0 Å². The molecule has 2 atom stereocenters. The molecule has 0 spiro atoms. The van der Waals surface area contributed by atoms with Crippen LogP contribution in [-0.4, -0.2) is 40.3 Å². The van der Waals surface area contributed by atoms with Crippen LogP contribution in [0.4, 0.5) is 0 Å². The first kappa shape index (κ1) is 14.4. The van der Waals surface area contributed by atoms with Gasteiger partial charge in [0.2, 0.25) is 5.91 Å². The van der Waals surface area contributed by atoms with Crippen LogP contribution in [0.5, 0.6) is 5.75 Å². The smallest absolute Gasteiger partial charge is 0.231 e. The number of aliphatic hydroxyl groups excluding tert-OH is 1. The molecular weight excluding hydrogens is 291 g/mol. The molecule has 1 fully saturated rings. The van der Waals surface area contributed by atoms with E-state index in [-0.39, 0.29) is 23.2 Å². The maximum absolute atomic E-state index is 10.9. The lowest BCUT2D eigenvalue weighted by Crippen LogP contribution is -2.37. The topological polar surface area (TPSA) is 86.8 Å². The number of nitrogens with zero attached hydrogens (tertiary/aromatic N) is 1. The third-order valence-electron chi connectivity index (χ3n) is 3.25. The molecular formula is C12H14Cl2N2O3. The highest BCUT2D eigenvalue weighted by Crippen LogP contribution is 2.42. The van der Waals surface area contributed by atoms with Crippen molar-refractivity contribution in [1.82, 2.24) is 4.90 Å². The lowest BCUT2D eigenvalue weighted by Gasteiger charge is -2.18. The van der Waals surface area contributed by atoms with E-state index >= 15 is 0 Å². The van der Waals surface area contributed by atoms with Gasteiger partial charge in [-0.25, -0.2) is 0 Å². The Kier molecular flexibility index (Phi) is 4.20. The van der Waals surface area contributed by atoms with Crippen LogP contribution in [0.2, 0.25) is 10.0 Å². The Balaban J connectivity index is 2.25. The molecule has 1 aromatic carbocycles. The molecule has 0 bridgehead atoms. The number of likely N-dealkylation sites (tertiary alicyclic amines) is 1. The summed E-state index contributed by atoms with van der Waals surface area (Å²) in [7, 11) is 0. The number of primary amides is 1. The summed E-state index contributed by atoms with van der Waals surface area (Å²) >= 11 is 12.0. The monoisotopic (exact) mass is 304 g/mol. The van der Waals surface area contributed by atoms with Crippen molar-refractivity contribution in [3.05, 3.63) is 27.7 Å². The van der Waals surface area contributed by atoms with E-state index < -0.39 is 12.1 Å². The van der Waals surface area contributed by atoms with E-state index in [1.165, 1.54) is 12.1 Å². The summed E-state index contributed by atoms with van der Waals surface area (Å²) in [5.74, 6) is -0.672. The number of carbonyl (C=O) groups excluding carboxylic acids is 1. The Bertz CT molecular complexity index is 510. The van der Waals surface area contributed by atoms with Gasteiger partial charge in [0.15, 0.2) is 0 Å². The normalized spacial score (nSPS) is 23.7. The molecule has 1 aliphatic heterocycles. The zero-order valence-corrected chi connectivity index (χ0v) is 11.5. The molecule has 1 amide bonds. The quantitative estimate of drug-likeness (QED) is 0.785. The number of aromatic hydroxyl groups is 1. The number of hydrogen-bond donors (Lipinski definition) is 3. The van der Waals surface area contributed by atoms with Crippen LogP contribution in [0.1, 0.15) is 17.9 Å². The summed E-state index contributed by atoms with van der Waals surface area (Å²) in [5.41, 5.74) is 5.61. The second-order valence-corrected chi connectivity index (χ2v) is 5.39. The number of rotatable bonds is 3. The Hall–Kier alpha value is -1.01. The minimum Gasteiger partial charge on any atom is -0.508 e. The molecule has 0 aliphatic carbocycles. The number of hydrogen-bond acceptors (Lipinski definition) is 4. The Labute approximate surface area is 120 Å². The van der Waals surface area contributed by atoms with Crippen molar-refractivity contribution >= 4 is 29.1 Å². The fraction of sp³-hybridized carbons (Fsp3) is 0.417. The number of benzene rings is 1. The largest absolute Gasteiger partial charge is 0.508 e. The van der Waals surface area contributed by atoms with Gasteiger partial charge < -0.3 is 15.9 Å². The number of aliphatic hydroxyl groups is 1. The molecule has 7 heteroatoms. The molecule has 0 saturated carbocycles. The van der Waals surface area contributed by atoms with Gasteiger partial charge in [-0.2, -0.15) is 0 Å². The maximum atomic E-state index is 10.9. The number of halogens is 2. The predicted octanol–water partition coefficient (Wildman–Crippen LogP) is 1.29. The maximum Gasteiger partial charge on any atom is 0.231 e. The highest BCUT2D eigenvalue weighted by atomic mass is 35.5. The second-order valence-electron chi connectivity index (χ2n) is 4.60.